The molecule has 1 aliphatic rings. The summed E-state index contributed by atoms with van der Waals surface area (Å²) in [4.78, 5) is 25.5. The largest absolute Gasteiger partial charge is 0.479 e. The molecule has 1 aliphatic carbocycles. The first-order valence-electron chi connectivity index (χ1n) is 8.23. The number of amides is 2. The van der Waals surface area contributed by atoms with E-state index in [1.165, 1.54) is 11.3 Å². The quantitative estimate of drug-likeness (QED) is 0.761. The van der Waals surface area contributed by atoms with Gasteiger partial charge in [-0.1, -0.05) is 23.2 Å². The van der Waals surface area contributed by atoms with Crippen molar-refractivity contribution in [2.45, 2.75) is 38.7 Å². The molecule has 3 rings (SSSR count). The molecule has 0 radical (unpaired) electrons. The molecular weight excluding hydrogens is 395 g/mol. The van der Waals surface area contributed by atoms with Crippen molar-refractivity contribution in [3.8, 4) is 5.75 Å². The lowest BCUT2D eigenvalue weighted by molar-refractivity contribution is -0.122. The summed E-state index contributed by atoms with van der Waals surface area (Å²) in [5, 5.41) is 4.08. The lowest BCUT2D eigenvalue weighted by Crippen LogP contribution is -2.30. The zero-order valence-corrected chi connectivity index (χ0v) is 16.4. The first-order chi connectivity index (χ1) is 12.4. The number of rotatable bonds is 5. The first kappa shape index (κ1) is 19.0. The molecule has 0 fully saturated rings. The van der Waals surface area contributed by atoms with Crippen LogP contribution in [0.2, 0.25) is 10.0 Å². The van der Waals surface area contributed by atoms with Crippen molar-refractivity contribution in [2.75, 3.05) is 5.32 Å². The summed E-state index contributed by atoms with van der Waals surface area (Å²) in [6.45, 7) is 1.61. The van der Waals surface area contributed by atoms with Crippen LogP contribution in [0.5, 0.6) is 5.75 Å². The molecule has 138 valence electrons. The number of halogens is 2. The van der Waals surface area contributed by atoms with E-state index >= 15 is 0 Å². The number of fused-ring (bicyclic) bond motifs is 1. The lowest BCUT2D eigenvalue weighted by atomic mass is 9.95. The molecule has 0 saturated carbocycles. The van der Waals surface area contributed by atoms with E-state index in [4.69, 9.17) is 33.7 Å². The van der Waals surface area contributed by atoms with Crippen LogP contribution in [0.3, 0.4) is 0 Å². The summed E-state index contributed by atoms with van der Waals surface area (Å²) in [6.07, 6.45) is 3.00. The molecule has 2 amide bonds. The number of aryl methyl sites for hydroxylation is 1. The molecule has 1 aromatic heterocycles. The van der Waals surface area contributed by atoms with Crippen LogP contribution in [0.25, 0.3) is 0 Å². The Balaban J connectivity index is 1.77. The zero-order valence-electron chi connectivity index (χ0n) is 14.1. The number of nitrogens with two attached hydrogens (primary N) is 1. The number of hydrogen-bond acceptors (Lipinski definition) is 4. The van der Waals surface area contributed by atoms with Crippen molar-refractivity contribution in [1.82, 2.24) is 0 Å². The zero-order chi connectivity index (χ0) is 18.8. The van der Waals surface area contributed by atoms with Gasteiger partial charge in [-0.25, -0.2) is 0 Å². The summed E-state index contributed by atoms with van der Waals surface area (Å²) >= 11 is 13.3. The second kappa shape index (κ2) is 7.86. The van der Waals surface area contributed by atoms with Crippen LogP contribution in [-0.2, 0) is 17.6 Å². The van der Waals surface area contributed by atoms with Crippen molar-refractivity contribution in [1.29, 1.82) is 0 Å². The lowest BCUT2D eigenvalue weighted by Gasteiger charge is -2.15. The van der Waals surface area contributed by atoms with Crippen molar-refractivity contribution < 1.29 is 14.3 Å². The van der Waals surface area contributed by atoms with Gasteiger partial charge in [0, 0.05) is 9.90 Å². The summed E-state index contributed by atoms with van der Waals surface area (Å²) < 4.78 is 5.62. The van der Waals surface area contributed by atoms with Gasteiger partial charge in [0.15, 0.2) is 6.10 Å². The van der Waals surface area contributed by atoms with Gasteiger partial charge in [-0.05, 0) is 56.4 Å². The molecule has 0 saturated heterocycles. The van der Waals surface area contributed by atoms with Gasteiger partial charge in [-0.15, -0.1) is 11.3 Å². The third-order valence-electron chi connectivity index (χ3n) is 4.22. The number of carbonyl (C=O) groups excluding carboxylic acids is 2. The van der Waals surface area contributed by atoms with E-state index < -0.39 is 12.0 Å². The predicted molar refractivity (Wildman–Crippen MR) is 105 cm³/mol. The number of carbonyl (C=O) groups is 2. The number of thiophene rings is 1. The molecule has 3 N–H and O–H groups in total. The highest BCUT2D eigenvalue weighted by Crippen LogP contribution is 2.38. The van der Waals surface area contributed by atoms with Crippen LogP contribution in [0.4, 0.5) is 5.00 Å². The standard InChI is InChI=1S/C18H18Cl2N2O3S/c1-9(25-13-7-6-10(19)8-12(13)20)17(24)22-18-15(16(21)23)11-4-2-3-5-14(11)26-18/h6-9H,2-5H2,1H3,(H2,21,23)(H,22,24)/t9-/m0/s1. The fourth-order valence-corrected chi connectivity index (χ4v) is 4.69. The Kier molecular flexibility index (Phi) is 5.75. The molecule has 0 spiro atoms. The molecule has 0 bridgehead atoms. The number of ether oxygens (including phenoxy) is 1. The highest BCUT2D eigenvalue weighted by atomic mass is 35.5. The number of anilines is 1. The summed E-state index contributed by atoms with van der Waals surface area (Å²) in [7, 11) is 0. The average Bonchev–Trinajstić information content (AvgIpc) is 2.95. The van der Waals surface area contributed by atoms with Crippen molar-refractivity contribution in [3.63, 3.8) is 0 Å². The first-order valence-corrected chi connectivity index (χ1v) is 9.81. The average molecular weight is 413 g/mol. The van der Waals surface area contributed by atoms with Gasteiger partial charge in [0.05, 0.1) is 10.6 Å². The van der Waals surface area contributed by atoms with Crippen LogP contribution in [-0.4, -0.2) is 17.9 Å². The van der Waals surface area contributed by atoms with Crippen LogP contribution in [0, 0.1) is 0 Å². The van der Waals surface area contributed by atoms with Gasteiger partial charge >= 0.3 is 0 Å². The highest BCUT2D eigenvalue weighted by molar-refractivity contribution is 7.17. The fraction of sp³-hybridized carbons (Fsp3) is 0.333. The van der Waals surface area contributed by atoms with Gasteiger partial charge in [-0.3, -0.25) is 9.59 Å². The minimum atomic E-state index is -0.812. The van der Waals surface area contributed by atoms with Gasteiger partial charge in [0.2, 0.25) is 0 Å². The minimum absolute atomic E-state index is 0.321. The van der Waals surface area contributed by atoms with E-state index in [-0.39, 0.29) is 5.91 Å². The summed E-state index contributed by atoms with van der Waals surface area (Å²) in [6, 6.07) is 4.78. The maximum atomic E-state index is 12.5. The Hall–Kier alpha value is -1.76. The third-order valence-corrected chi connectivity index (χ3v) is 5.96. The van der Waals surface area contributed by atoms with Crippen LogP contribution in [0.1, 0.15) is 40.6 Å². The Bertz CT molecular complexity index is 866. The molecule has 5 nitrogen and oxygen atoms in total. The van der Waals surface area contributed by atoms with E-state index in [0.717, 1.165) is 36.1 Å². The predicted octanol–water partition coefficient (Wildman–Crippen LogP) is 4.44. The molecule has 1 atom stereocenters. The maximum absolute atomic E-state index is 12.5. The summed E-state index contributed by atoms with van der Waals surface area (Å²) in [5.41, 5.74) is 6.94. The molecule has 2 aromatic rings. The van der Waals surface area contributed by atoms with Crippen molar-refractivity contribution >= 4 is 51.4 Å². The van der Waals surface area contributed by atoms with Crippen molar-refractivity contribution in [2.24, 2.45) is 5.73 Å². The molecule has 0 unspecified atom stereocenters. The Labute approximate surface area is 165 Å². The number of benzene rings is 1. The van der Waals surface area contributed by atoms with Gasteiger partial charge < -0.3 is 15.8 Å². The van der Waals surface area contributed by atoms with E-state index in [0.29, 0.717) is 26.4 Å². The Morgan fingerprint density at radius 2 is 2.00 bits per heavy atom. The highest BCUT2D eigenvalue weighted by Gasteiger charge is 2.26. The Morgan fingerprint density at radius 1 is 1.27 bits per heavy atom. The second-order valence-corrected chi connectivity index (χ2v) is 8.05. The molecular formula is C18H18Cl2N2O3S. The van der Waals surface area contributed by atoms with Crippen LogP contribution >= 0.6 is 34.5 Å². The molecule has 0 aliphatic heterocycles. The SMILES string of the molecule is C[C@H](Oc1ccc(Cl)cc1Cl)C(=O)Nc1sc2c(c1C(N)=O)CCCC2. The topological polar surface area (TPSA) is 81.4 Å². The van der Waals surface area contributed by atoms with Crippen LogP contribution in [0.15, 0.2) is 18.2 Å². The number of primary amides is 1. The van der Waals surface area contributed by atoms with E-state index in [9.17, 15) is 9.59 Å². The minimum Gasteiger partial charge on any atom is -0.479 e. The van der Waals surface area contributed by atoms with E-state index in [1.807, 2.05) is 0 Å². The molecule has 1 heterocycles. The van der Waals surface area contributed by atoms with Crippen molar-refractivity contribution in [3.05, 3.63) is 44.2 Å². The number of hydrogen-bond donors (Lipinski definition) is 2. The van der Waals surface area contributed by atoms with Gasteiger partial charge in [0.1, 0.15) is 10.8 Å². The smallest absolute Gasteiger partial charge is 0.265 e. The Morgan fingerprint density at radius 3 is 2.69 bits per heavy atom. The van der Waals surface area contributed by atoms with E-state index in [1.54, 1.807) is 25.1 Å². The summed E-state index contributed by atoms with van der Waals surface area (Å²) in [5.74, 6) is -0.537. The van der Waals surface area contributed by atoms with Crippen LogP contribution < -0.4 is 15.8 Å². The fourth-order valence-electron chi connectivity index (χ4n) is 2.94. The normalized spacial score (nSPS) is 14.4. The number of nitrogens with one attached hydrogen (secondary N) is 1. The second-order valence-electron chi connectivity index (χ2n) is 6.10. The maximum Gasteiger partial charge on any atom is 0.265 e. The van der Waals surface area contributed by atoms with E-state index in [2.05, 4.69) is 5.32 Å². The molecule has 26 heavy (non-hydrogen) atoms. The van der Waals surface area contributed by atoms with Gasteiger partial charge in [-0.2, -0.15) is 0 Å². The molecule has 8 heteroatoms. The van der Waals surface area contributed by atoms with Gasteiger partial charge in [0.25, 0.3) is 11.8 Å². The third kappa shape index (κ3) is 3.98. The molecule has 1 aromatic carbocycles. The monoisotopic (exact) mass is 412 g/mol.